The first-order chi connectivity index (χ1) is 10.2. The summed E-state index contributed by atoms with van der Waals surface area (Å²) >= 11 is 1.28. The van der Waals surface area contributed by atoms with Gasteiger partial charge in [-0.05, 0) is 25.0 Å². The molecule has 2 N–H and O–H groups in total. The number of carbonyl (C=O) groups excluding carboxylic acids is 2. The summed E-state index contributed by atoms with van der Waals surface area (Å²) in [6.07, 6.45) is 2.50. The van der Waals surface area contributed by atoms with Crippen LogP contribution in [0.5, 0.6) is 0 Å². The number of nitrogens with one attached hydrogen (secondary N) is 1. The smallest absolute Gasteiger partial charge is 0.261 e. The van der Waals surface area contributed by atoms with Crippen LogP contribution in [0, 0.1) is 11.8 Å². The van der Waals surface area contributed by atoms with Gasteiger partial charge in [0.2, 0.25) is 5.91 Å². The van der Waals surface area contributed by atoms with Gasteiger partial charge in [-0.1, -0.05) is 11.8 Å². The summed E-state index contributed by atoms with van der Waals surface area (Å²) in [7, 11) is 0. The van der Waals surface area contributed by atoms with Crippen LogP contribution in [-0.2, 0) is 4.79 Å². The topological polar surface area (TPSA) is 69.6 Å². The summed E-state index contributed by atoms with van der Waals surface area (Å²) in [6, 6.07) is 3.47. The number of amides is 2. The zero-order valence-electron chi connectivity index (χ0n) is 11.7. The molecule has 0 bridgehead atoms. The summed E-state index contributed by atoms with van der Waals surface area (Å²) in [6.45, 7) is 1.66. The molecular formula is C15H18N2O3S. The van der Waals surface area contributed by atoms with Gasteiger partial charge in [-0.15, -0.1) is 11.3 Å². The van der Waals surface area contributed by atoms with Crippen molar-refractivity contribution in [2.45, 2.75) is 19.3 Å². The van der Waals surface area contributed by atoms with Crippen molar-refractivity contribution in [3.8, 4) is 11.8 Å². The molecule has 2 rings (SSSR count). The fraction of sp³-hybridized carbons (Fsp3) is 0.467. The summed E-state index contributed by atoms with van der Waals surface area (Å²) in [4.78, 5) is 26.9. The molecule has 2 heterocycles. The number of aliphatic hydroxyl groups is 1. The second-order valence-corrected chi connectivity index (χ2v) is 5.79. The zero-order chi connectivity index (χ0) is 15.1. The average molecular weight is 306 g/mol. The van der Waals surface area contributed by atoms with E-state index in [9.17, 15) is 9.59 Å². The molecule has 2 amide bonds. The summed E-state index contributed by atoms with van der Waals surface area (Å²) in [5.41, 5.74) is 0. The third-order valence-electron chi connectivity index (χ3n) is 3.14. The number of hydrogen-bond donors (Lipinski definition) is 2. The molecule has 1 aliphatic heterocycles. The second-order valence-electron chi connectivity index (χ2n) is 4.71. The van der Waals surface area contributed by atoms with Crippen LogP contribution in [0.25, 0.3) is 0 Å². The van der Waals surface area contributed by atoms with Crippen molar-refractivity contribution in [3.05, 3.63) is 21.9 Å². The average Bonchev–Trinajstić information content (AvgIpc) is 3.16. The molecule has 1 aromatic heterocycles. The van der Waals surface area contributed by atoms with E-state index in [4.69, 9.17) is 5.11 Å². The van der Waals surface area contributed by atoms with Crippen molar-refractivity contribution in [3.63, 3.8) is 0 Å². The molecule has 1 aliphatic rings. The maximum atomic E-state index is 11.9. The molecular weight excluding hydrogens is 288 g/mol. The number of likely N-dealkylation sites (tertiary alicyclic amines) is 1. The molecule has 0 atom stereocenters. The summed E-state index contributed by atoms with van der Waals surface area (Å²) in [5.74, 6) is 5.42. The fourth-order valence-corrected chi connectivity index (χ4v) is 2.85. The molecule has 6 heteroatoms. The highest BCUT2D eigenvalue weighted by Crippen LogP contribution is 2.15. The number of nitrogens with zero attached hydrogens (tertiary/aromatic N) is 1. The van der Waals surface area contributed by atoms with Crippen molar-refractivity contribution < 1.29 is 14.7 Å². The number of carbonyl (C=O) groups is 2. The van der Waals surface area contributed by atoms with E-state index in [1.54, 1.807) is 17.0 Å². The van der Waals surface area contributed by atoms with Crippen LogP contribution in [0.15, 0.2) is 12.1 Å². The van der Waals surface area contributed by atoms with Gasteiger partial charge in [-0.3, -0.25) is 9.59 Å². The molecule has 21 heavy (non-hydrogen) atoms. The largest absolute Gasteiger partial charge is 0.395 e. The first-order valence-corrected chi connectivity index (χ1v) is 7.78. The van der Waals surface area contributed by atoms with E-state index in [0.29, 0.717) is 11.3 Å². The minimum Gasteiger partial charge on any atom is -0.395 e. The number of aliphatic hydroxyl groups excluding tert-OH is 1. The van der Waals surface area contributed by atoms with E-state index in [1.807, 2.05) is 0 Å². The van der Waals surface area contributed by atoms with E-state index in [1.165, 1.54) is 11.3 Å². The van der Waals surface area contributed by atoms with Gasteiger partial charge in [0, 0.05) is 19.5 Å². The lowest BCUT2D eigenvalue weighted by atomic mass is 10.4. The van der Waals surface area contributed by atoms with Gasteiger partial charge in [0.15, 0.2) is 0 Å². The van der Waals surface area contributed by atoms with Gasteiger partial charge in [0.1, 0.15) is 0 Å². The minimum atomic E-state index is -0.247. The van der Waals surface area contributed by atoms with Crippen LogP contribution in [0.2, 0.25) is 0 Å². The number of hydrogen-bond acceptors (Lipinski definition) is 4. The lowest BCUT2D eigenvalue weighted by molar-refractivity contribution is -0.129. The quantitative estimate of drug-likeness (QED) is 0.810. The molecule has 0 spiro atoms. The SMILES string of the molecule is O=C(NCC(=O)N1CCCC1)c1ccc(C#CCCO)s1. The number of rotatable bonds is 4. The maximum absolute atomic E-state index is 11.9. The molecule has 0 radical (unpaired) electrons. The minimum absolute atomic E-state index is 0.0274. The fourth-order valence-electron chi connectivity index (χ4n) is 2.05. The monoisotopic (exact) mass is 306 g/mol. The Morgan fingerprint density at radius 3 is 2.81 bits per heavy atom. The highest BCUT2D eigenvalue weighted by Gasteiger charge is 2.18. The summed E-state index contributed by atoms with van der Waals surface area (Å²) < 4.78 is 0. The van der Waals surface area contributed by atoms with Crippen LogP contribution in [0.1, 0.15) is 33.8 Å². The lowest BCUT2D eigenvalue weighted by Crippen LogP contribution is -2.38. The number of thiophene rings is 1. The maximum Gasteiger partial charge on any atom is 0.261 e. The molecule has 0 unspecified atom stereocenters. The van der Waals surface area contributed by atoms with E-state index in [0.717, 1.165) is 30.8 Å². The lowest BCUT2D eigenvalue weighted by Gasteiger charge is -2.15. The Morgan fingerprint density at radius 1 is 1.33 bits per heavy atom. The van der Waals surface area contributed by atoms with E-state index >= 15 is 0 Å². The predicted molar refractivity (Wildman–Crippen MR) is 81.0 cm³/mol. The van der Waals surface area contributed by atoms with E-state index in [2.05, 4.69) is 17.2 Å². The first kappa shape index (κ1) is 15.5. The Kier molecular flexibility index (Phi) is 5.78. The Labute approximate surface area is 128 Å². The van der Waals surface area contributed by atoms with Crippen molar-refractivity contribution in [2.75, 3.05) is 26.2 Å². The Bertz CT molecular complexity index is 565. The third-order valence-corrected chi connectivity index (χ3v) is 4.14. The standard InChI is InChI=1S/C15H18N2O3S/c18-10-4-1-5-12-6-7-13(21-12)15(20)16-11-14(19)17-8-2-3-9-17/h6-7,18H,2-4,8-11H2,(H,16,20). The van der Waals surface area contributed by atoms with Gasteiger partial charge in [-0.2, -0.15) is 0 Å². The zero-order valence-corrected chi connectivity index (χ0v) is 12.5. The normalized spacial score (nSPS) is 13.7. The van der Waals surface area contributed by atoms with Crippen molar-refractivity contribution in [1.82, 2.24) is 10.2 Å². The molecule has 1 aromatic rings. The molecule has 1 fully saturated rings. The Balaban J connectivity index is 1.83. The van der Waals surface area contributed by atoms with Crippen LogP contribution in [0.3, 0.4) is 0 Å². The van der Waals surface area contributed by atoms with Crippen molar-refractivity contribution in [2.24, 2.45) is 0 Å². The third kappa shape index (κ3) is 4.59. The first-order valence-electron chi connectivity index (χ1n) is 6.96. The van der Waals surface area contributed by atoms with Crippen LogP contribution >= 0.6 is 11.3 Å². The molecule has 1 saturated heterocycles. The highest BCUT2D eigenvalue weighted by atomic mass is 32.1. The van der Waals surface area contributed by atoms with Crippen LogP contribution in [0.4, 0.5) is 0 Å². The molecule has 0 aliphatic carbocycles. The van der Waals surface area contributed by atoms with Gasteiger partial charge >= 0.3 is 0 Å². The Hall–Kier alpha value is -1.84. The molecule has 112 valence electrons. The Morgan fingerprint density at radius 2 is 2.10 bits per heavy atom. The van der Waals surface area contributed by atoms with Gasteiger partial charge in [0.05, 0.1) is 22.9 Å². The van der Waals surface area contributed by atoms with Crippen LogP contribution < -0.4 is 5.32 Å². The highest BCUT2D eigenvalue weighted by molar-refractivity contribution is 7.14. The molecule has 5 nitrogen and oxygen atoms in total. The van der Waals surface area contributed by atoms with E-state index in [-0.39, 0.29) is 25.0 Å². The van der Waals surface area contributed by atoms with Crippen LogP contribution in [-0.4, -0.2) is 48.1 Å². The second kappa shape index (κ2) is 7.81. The van der Waals surface area contributed by atoms with Crippen molar-refractivity contribution >= 4 is 23.2 Å². The van der Waals surface area contributed by atoms with E-state index < -0.39 is 0 Å². The van der Waals surface area contributed by atoms with Crippen molar-refractivity contribution in [1.29, 1.82) is 0 Å². The van der Waals surface area contributed by atoms with Gasteiger partial charge in [-0.25, -0.2) is 0 Å². The van der Waals surface area contributed by atoms with Gasteiger partial charge in [0.25, 0.3) is 5.91 Å². The van der Waals surface area contributed by atoms with Gasteiger partial charge < -0.3 is 15.3 Å². The summed E-state index contributed by atoms with van der Waals surface area (Å²) in [5, 5.41) is 11.3. The predicted octanol–water partition coefficient (Wildman–Crippen LogP) is 0.834. The molecule has 0 saturated carbocycles. The molecule has 0 aromatic carbocycles.